The fourth-order valence-corrected chi connectivity index (χ4v) is 0.898. The highest BCUT2D eigenvalue weighted by atomic mass is 35.5. The van der Waals surface area contributed by atoms with Crippen molar-refractivity contribution in [3.8, 4) is 0 Å². The third-order valence-corrected chi connectivity index (χ3v) is 1.81. The SMILES string of the molecule is N[C@@H](c1cnc(Cl)c(F)c1)C(F)(F)F. The van der Waals surface area contributed by atoms with Gasteiger partial charge in [0.15, 0.2) is 11.0 Å². The lowest BCUT2D eigenvalue weighted by atomic mass is 10.1. The van der Waals surface area contributed by atoms with Gasteiger partial charge in [-0.25, -0.2) is 9.37 Å². The predicted molar refractivity (Wildman–Crippen MR) is 42.2 cm³/mol. The van der Waals surface area contributed by atoms with E-state index in [0.29, 0.717) is 6.07 Å². The van der Waals surface area contributed by atoms with Gasteiger partial charge in [0, 0.05) is 6.20 Å². The van der Waals surface area contributed by atoms with Gasteiger partial charge in [0.2, 0.25) is 0 Å². The summed E-state index contributed by atoms with van der Waals surface area (Å²) in [5.41, 5.74) is 4.36. The summed E-state index contributed by atoms with van der Waals surface area (Å²) in [4.78, 5) is 3.22. The molecule has 0 aliphatic heterocycles. The van der Waals surface area contributed by atoms with Crippen molar-refractivity contribution in [1.82, 2.24) is 4.98 Å². The van der Waals surface area contributed by atoms with Crippen molar-refractivity contribution in [1.29, 1.82) is 0 Å². The zero-order valence-electron chi connectivity index (χ0n) is 6.65. The zero-order chi connectivity index (χ0) is 10.9. The first kappa shape index (κ1) is 11.2. The monoisotopic (exact) mass is 228 g/mol. The average Bonchev–Trinajstić information content (AvgIpc) is 2.07. The normalized spacial score (nSPS) is 14.1. The molecule has 14 heavy (non-hydrogen) atoms. The Morgan fingerprint density at radius 3 is 2.43 bits per heavy atom. The first-order valence-electron chi connectivity index (χ1n) is 3.45. The molecule has 7 heteroatoms. The van der Waals surface area contributed by atoms with Crippen molar-refractivity contribution in [2.45, 2.75) is 12.2 Å². The van der Waals surface area contributed by atoms with Gasteiger partial charge >= 0.3 is 6.18 Å². The molecule has 0 aliphatic rings. The van der Waals surface area contributed by atoms with Crippen molar-refractivity contribution in [2.24, 2.45) is 5.73 Å². The van der Waals surface area contributed by atoms with Crippen molar-refractivity contribution in [2.75, 3.05) is 0 Å². The zero-order valence-corrected chi connectivity index (χ0v) is 7.40. The summed E-state index contributed by atoms with van der Waals surface area (Å²) >= 11 is 5.19. The van der Waals surface area contributed by atoms with Gasteiger partial charge in [-0.3, -0.25) is 0 Å². The molecule has 0 radical (unpaired) electrons. The number of nitrogens with two attached hydrogens (primary N) is 1. The quantitative estimate of drug-likeness (QED) is 0.592. The summed E-state index contributed by atoms with van der Waals surface area (Å²) in [5, 5.41) is -0.483. The highest BCUT2D eigenvalue weighted by Gasteiger charge is 2.38. The third kappa shape index (κ3) is 2.33. The molecule has 78 valence electrons. The Labute approximate surface area is 81.7 Å². The summed E-state index contributed by atoms with van der Waals surface area (Å²) in [6.45, 7) is 0. The fourth-order valence-electron chi connectivity index (χ4n) is 0.795. The second kappa shape index (κ2) is 3.70. The molecule has 1 aromatic heterocycles. The lowest BCUT2D eigenvalue weighted by Gasteiger charge is -2.15. The van der Waals surface area contributed by atoms with E-state index in [4.69, 9.17) is 17.3 Å². The number of pyridine rings is 1. The highest BCUT2D eigenvalue weighted by molar-refractivity contribution is 6.29. The predicted octanol–water partition coefficient (Wildman–Crippen LogP) is 2.44. The molecule has 0 saturated carbocycles. The van der Waals surface area contributed by atoms with Crippen molar-refractivity contribution in [3.63, 3.8) is 0 Å². The number of rotatable bonds is 1. The maximum absolute atomic E-state index is 12.7. The van der Waals surface area contributed by atoms with E-state index in [-0.39, 0.29) is 0 Å². The van der Waals surface area contributed by atoms with Crippen LogP contribution in [0.2, 0.25) is 5.15 Å². The Morgan fingerprint density at radius 1 is 1.43 bits per heavy atom. The second-order valence-corrected chi connectivity index (χ2v) is 2.92. The van der Waals surface area contributed by atoms with E-state index in [1.165, 1.54) is 0 Å². The van der Waals surface area contributed by atoms with Crippen LogP contribution < -0.4 is 5.73 Å². The topological polar surface area (TPSA) is 38.9 Å². The van der Waals surface area contributed by atoms with Crippen LogP contribution in [0, 0.1) is 5.82 Å². The number of hydrogen-bond donors (Lipinski definition) is 1. The van der Waals surface area contributed by atoms with Crippen LogP contribution in [-0.2, 0) is 0 Å². The van der Waals surface area contributed by atoms with Crippen LogP contribution in [-0.4, -0.2) is 11.2 Å². The molecule has 0 aromatic carbocycles. The van der Waals surface area contributed by atoms with E-state index in [9.17, 15) is 17.6 Å². The van der Waals surface area contributed by atoms with Gasteiger partial charge < -0.3 is 5.73 Å². The van der Waals surface area contributed by atoms with Crippen LogP contribution in [0.15, 0.2) is 12.3 Å². The lowest BCUT2D eigenvalue weighted by Crippen LogP contribution is -2.28. The number of hydrogen-bond acceptors (Lipinski definition) is 2. The summed E-state index contributed by atoms with van der Waals surface area (Å²) in [6.07, 6.45) is -3.83. The van der Waals surface area contributed by atoms with Crippen LogP contribution in [0.3, 0.4) is 0 Å². The first-order chi connectivity index (χ1) is 6.32. The molecule has 1 aromatic rings. The standard InChI is InChI=1S/C7H5ClF4N2/c8-6-4(9)1-3(2-14-6)5(13)7(10,11)12/h1-2,5H,13H2/t5-/m0/s1. The molecule has 0 unspecified atom stereocenters. The van der Waals surface area contributed by atoms with Crippen LogP contribution in [0.4, 0.5) is 17.6 Å². The third-order valence-electron chi connectivity index (χ3n) is 1.53. The Morgan fingerprint density at radius 2 is 2.00 bits per heavy atom. The summed E-state index contributed by atoms with van der Waals surface area (Å²) < 4.78 is 48.9. The summed E-state index contributed by atoms with van der Waals surface area (Å²) in [5.74, 6) is -1.02. The van der Waals surface area contributed by atoms with Gasteiger partial charge in [0.25, 0.3) is 0 Å². The fraction of sp³-hybridized carbons (Fsp3) is 0.286. The molecule has 1 atom stereocenters. The van der Waals surface area contributed by atoms with Crippen LogP contribution in [0.1, 0.15) is 11.6 Å². The molecule has 1 rings (SSSR count). The van der Waals surface area contributed by atoms with Crippen molar-refractivity contribution >= 4 is 11.6 Å². The molecule has 0 aliphatic carbocycles. The molecule has 1 heterocycles. The molecule has 0 bridgehead atoms. The second-order valence-electron chi connectivity index (χ2n) is 2.56. The van der Waals surface area contributed by atoms with E-state index in [2.05, 4.69) is 4.98 Å². The largest absolute Gasteiger partial charge is 0.407 e. The first-order valence-corrected chi connectivity index (χ1v) is 3.83. The molecule has 2 nitrogen and oxygen atoms in total. The minimum Gasteiger partial charge on any atom is -0.316 e. The van der Waals surface area contributed by atoms with Crippen molar-refractivity contribution in [3.05, 3.63) is 28.8 Å². The van der Waals surface area contributed by atoms with Gasteiger partial charge in [-0.2, -0.15) is 13.2 Å². The minimum atomic E-state index is -4.62. The maximum Gasteiger partial charge on any atom is 0.407 e. The Balaban J connectivity index is 3.03. The Hall–Kier alpha value is -0.880. The number of halogens is 5. The number of alkyl halides is 3. The molecular formula is C7H5ClF4N2. The van der Waals surface area contributed by atoms with Gasteiger partial charge in [-0.1, -0.05) is 11.6 Å². The highest BCUT2D eigenvalue weighted by Crippen LogP contribution is 2.30. The van der Waals surface area contributed by atoms with Crippen LogP contribution >= 0.6 is 11.6 Å². The van der Waals surface area contributed by atoms with E-state index in [1.807, 2.05) is 0 Å². The van der Waals surface area contributed by atoms with Gasteiger partial charge in [-0.15, -0.1) is 0 Å². The average molecular weight is 229 g/mol. The van der Waals surface area contributed by atoms with E-state index >= 15 is 0 Å². The van der Waals surface area contributed by atoms with Gasteiger partial charge in [-0.05, 0) is 11.6 Å². The molecule has 0 fully saturated rings. The lowest BCUT2D eigenvalue weighted by molar-refractivity contribution is -0.149. The van der Waals surface area contributed by atoms with E-state index in [0.717, 1.165) is 6.20 Å². The summed E-state index contributed by atoms with van der Waals surface area (Å²) in [7, 11) is 0. The van der Waals surface area contributed by atoms with Crippen LogP contribution in [0.5, 0.6) is 0 Å². The minimum absolute atomic E-state index is 0.459. The van der Waals surface area contributed by atoms with E-state index in [1.54, 1.807) is 0 Å². The Bertz CT molecular complexity index is 339. The molecule has 2 N–H and O–H groups in total. The van der Waals surface area contributed by atoms with E-state index < -0.39 is 28.8 Å². The van der Waals surface area contributed by atoms with Gasteiger partial charge in [0.1, 0.15) is 6.04 Å². The maximum atomic E-state index is 12.7. The smallest absolute Gasteiger partial charge is 0.316 e. The van der Waals surface area contributed by atoms with Crippen LogP contribution in [0.25, 0.3) is 0 Å². The number of aromatic nitrogens is 1. The van der Waals surface area contributed by atoms with Crippen molar-refractivity contribution < 1.29 is 17.6 Å². The Kier molecular flexibility index (Phi) is 2.96. The molecule has 0 amide bonds. The molecular weight excluding hydrogens is 224 g/mol. The summed E-state index contributed by atoms with van der Waals surface area (Å²) in [6, 6.07) is -1.63. The molecule has 0 saturated heterocycles. The number of nitrogens with zero attached hydrogens (tertiary/aromatic N) is 1. The van der Waals surface area contributed by atoms with Gasteiger partial charge in [0.05, 0.1) is 0 Å². The molecule has 0 spiro atoms.